The first kappa shape index (κ1) is 11.8. The Labute approximate surface area is 123 Å². The van der Waals surface area contributed by atoms with Crippen molar-refractivity contribution in [2.45, 2.75) is 12.8 Å². The summed E-state index contributed by atoms with van der Waals surface area (Å²) in [5.41, 5.74) is 5.64. The minimum absolute atomic E-state index is 1.23. The summed E-state index contributed by atoms with van der Waals surface area (Å²) in [6, 6.07) is 23.8. The van der Waals surface area contributed by atoms with Gasteiger partial charge in [-0.1, -0.05) is 48.5 Å². The fourth-order valence-corrected chi connectivity index (χ4v) is 3.99. The highest BCUT2D eigenvalue weighted by Crippen LogP contribution is 2.41. The molecule has 1 aliphatic carbocycles. The number of aryl methyl sites for hydroxylation is 1. The van der Waals surface area contributed by atoms with Gasteiger partial charge in [-0.2, -0.15) is 0 Å². The van der Waals surface area contributed by atoms with E-state index in [9.17, 15) is 0 Å². The zero-order valence-electron chi connectivity index (χ0n) is 11.2. The Morgan fingerprint density at radius 1 is 0.700 bits per heavy atom. The number of rotatable bonds is 2. The lowest BCUT2D eigenvalue weighted by molar-refractivity contribution is 0.869. The van der Waals surface area contributed by atoms with Gasteiger partial charge in [-0.3, -0.25) is 0 Å². The first-order valence-corrected chi connectivity index (χ1v) is 7.83. The summed E-state index contributed by atoms with van der Waals surface area (Å²) < 4.78 is 0. The molecule has 4 rings (SSSR count). The van der Waals surface area contributed by atoms with Crippen molar-refractivity contribution in [3.8, 4) is 21.6 Å². The van der Waals surface area contributed by atoms with Gasteiger partial charge in [0.05, 0.1) is 0 Å². The van der Waals surface area contributed by atoms with Gasteiger partial charge in [-0.15, -0.1) is 0 Å². The van der Waals surface area contributed by atoms with Gasteiger partial charge in [0.2, 0.25) is 21.1 Å². The van der Waals surface area contributed by atoms with Crippen LogP contribution in [0.25, 0.3) is 21.6 Å². The van der Waals surface area contributed by atoms with E-state index >= 15 is 0 Å². The number of hydrogen-bond acceptors (Lipinski definition) is 0. The van der Waals surface area contributed by atoms with Gasteiger partial charge in [0.25, 0.3) is 0 Å². The third-order valence-corrected chi connectivity index (χ3v) is 5.19. The van der Waals surface area contributed by atoms with E-state index in [1.54, 1.807) is 10.4 Å². The van der Waals surface area contributed by atoms with Crippen molar-refractivity contribution in [3.05, 3.63) is 77.2 Å². The summed E-state index contributed by atoms with van der Waals surface area (Å²) >= 11 is 1.95. The van der Waals surface area contributed by atoms with Gasteiger partial charge < -0.3 is 0 Å². The van der Waals surface area contributed by atoms with Crippen LogP contribution in [0.1, 0.15) is 10.4 Å². The molecule has 0 fully saturated rings. The molecular formula is C19H15S+. The van der Waals surface area contributed by atoms with Crippen molar-refractivity contribution in [3.63, 3.8) is 0 Å². The van der Waals surface area contributed by atoms with Crippen LogP contribution in [0.5, 0.6) is 0 Å². The standard InChI is InChI=1S/C19H15S/c1-3-7-14(8-4-1)17-13-19(15-9-5-2-6-10-15)20-18-12-11-16(17)18/h1-10,13H,11-12H2/q+1. The van der Waals surface area contributed by atoms with Crippen LogP contribution in [0.2, 0.25) is 0 Å². The fourth-order valence-electron chi connectivity index (χ4n) is 2.75. The van der Waals surface area contributed by atoms with E-state index in [0.717, 1.165) is 0 Å². The smallest absolute Gasteiger partial charge is 0.0622 e. The molecule has 96 valence electrons. The molecule has 1 heteroatoms. The maximum atomic E-state index is 2.37. The Bertz CT molecular complexity index is 745. The lowest BCUT2D eigenvalue weighted by atomic mass is 9.89. The zero-order valence-corrected chi connectivity index (χ0v) is 12.0. The number of hydrogen-bond donors (Lipinski definition) is 0. The van der Waals surface area contributed by atoms with Gasteiger partial charge in [-0.05, 0) is 29.7 Å². The van der Waals surface area contributed by atoms with Crippen LogP contribution in [0.3, 0.4) is 0 Å². The monoisotopic (exact) mass is 275 g/mol. The summed E-state index contributed by atoms with van der Waals surface area (Å²) in [4.78, 5) is 2.94. The Morgan fingerprint density at radius 2 is 1.35 bits per heavy atom. The Balaban J connectivity index is 1.90. The third-order valence-electron chi connectivity index (χ3n) is 3.92. The van der Waals surface area contributed by atoms with Gasteiger partial charge in [0.1, 0.15) is 0 Å². The molecule has 0 radical (unpaired) electrons. The zero-order chi connectivity index (χ0) is 13.4. The van der Waals surface area contributed by atoms with Crippen molar-refractivity contribution in [2.75, 3.05) is 0 Å². The molecule has 1 heterocycles. The minimum Gasteiger partial charge on any atom is -0.0622 e. The predicted molar refractivity (Wildman–Crippen MR) is 87.0 cm³/mol. The molecule has 0 aliphatic heterocycles. The summed E-state index contributed by atoms with van der Waals surface area (Å²) in [7, 11) is 0. The van der Waals surface area contributed by atoms with Crippen LogP contribution in [0.4, 0.5) is 0 Å². The molecule has 1 aliphatic rings. The van der Waals surface area contributed by atoms with E-state index < -0.39 is 0 Å². The molecule has 0 saturated carbocycles. The van der Waals surface area contributed by atoms with Crippen molar-refractivity contribution >= 4 is 11.3 Å². The second-order valence-corrected chi connectivity index (χ2v) is 6.29. The van der Waals surface area contributed by atoms with E-state index in [1.807, 2.05) is 11.3 Å². The lowest BCUT2D eigenvalue weighted by Gasteiger charge is -2.16. The topological polar surface area (TPSA) is 0 Å². The van der Waals surface area contributed by atoms with Gasteiger partial charge in [-0.25, -0.2) is 0 Å². The molecule has 0 nitrogen and oxygen atoms in total. The summed E-state index contributed by atoms with van der Waals surface area (Å²) in [5.74, 6) is 0. The van der Waals surface area contributed by atoms with Gasteiger partial charge >= 0.3 is 0 Å². The second-order valence-electron chi connectivity index (χ2n) is 5.16. The van der Waals surface area contributed by atoms with Crippen molar-refractivity contribution in [1.29, 1.82) is 0 Å². The van der Waals surface area contributed by atoms with Gasteiger partial charge in [0, 0.05) is 23.6 Å². The van der Waals surface area contributed by atoms with E-state index in [0.29, 0.717) is 0 Å². The van der Waals surface area contributed by atoms with Crippen LogP contribution >= 0.6 is 11.3 Å². The Hall–Kier alpha value is -1.99. The highest BCUT2D eigenvalue weighted by atomic mass is 32.1. The molecule has 2 aromatic carbocycles. The van der Waals surface area contributed by atoms with Crippen molar-refractivity contribution < 1.29 is 0 Å². The van der Waals surface area contributed by atoms with Crippen molar-refractivity contribution in [2.24, 2.45) is 0 Å². The van der Waals surface area contributed by atoms with E-state index in [4.69, 9.17) is 0 Å². The Kier molecular flexibility index (Phi) is 2.86. The van der Waals surface area contributed by atoms with Crippen LogP contribution in [0.15, 0.2) is 66.7 Å². The largest absolute Gasteiger partial charge is 0.238 e. The third kappa shape index (κ3) is 1.95. The SMILES string of the molecule is c1ccc(-c2cc(-c3ccccc3)c3c([s+]2)CC3)cc1. The minimum atomic E-state index is 1.23. The number of benzene rings is 2. The molecule has 0 spiro atoms. The van der Waals surface area contributed by atoms with E-state index in [1.165, 1.54) is 34.4 Å². The molecule has 1 aromatic heterocycles. The highest BCUT2D eigenvalue weighted by Gasteiger charge is 2.30. The maximum absolute atomic E-state index is 2.37. The first-order chi connectivity index (χ1) is 9.92. The molecule has 0 amide bonds. The molecule has 0 atom stereocenters. The van der Waals surface area contributed by atoms with Gasteiger partial charge in [0.15, 0.2) is 0 Å². The predicted octanol–water partition coefficient (Wildman–Crippen LogP) is 5.46. The van der Waals surface area contributed by atoms with Crippen LogP contribution in [-0.4, -0.2) is 0 Å². The molecule has 0 bridgehead atoms. The first-order valence-electron chi connectivity index (χ1n) is 7.01. The summed E-state index contributed by atoms with van der Waals surface area (Å²) in [6.45, 7) is 0. The quantitative estimate of drug-likeness (QED) is 0.545. The molecule has 20 heavy (non-hydrogen) atoms. The van der Waals surface area contributed by atoms with Crippen molar-refractivity contribution in [1.82, 2.24) is 0 Å². The molecule has 0 saturated heterocycles. The maximum Gasteiger partial charge on any atom is 0.238 e. The Morgan fingerprint density at radius 3 is 1.95 bits per heavy atom. The highest BCUT2D eigenvalue weighted by molar-refractivity contribution is 7.15. The van der Waals surface area contributed by atoms with Crippen LogP contribution in [0, 0.1) is 0 Å². The fraction of sp³-hybridized carbons (Fsp3) is 0.105. The normalized spacial score (nSPS) is 12.6. The lowest BCUT2D eigenvalue weighted by Crippen LogP contribution is -2.08. The molecule has 0 unspecified atom stereocenters. The average Bonchev–Trinajstić information content (AvgIpc) is 2.50. The summed E-state index contributed by atoms with van der Waals surface area (Å²) in [5, 5.41) is 0. The van der Waals surface area contributed by atoms with E-state index in [2.05, 4.69) is 66.7 Å². The molecular weight excluding hydrogens is 260 g/mol. The average molecular weight is 275 g/mol. The summed E-state index contributed by atoms with van der Waals surface area (Å²) in [6.07, 6.45) is 2.46. The second kappa shape index (κ2) is 4.84. The van der Waals surface area contributed by atoms with E-state index in [-0.39, 0.29) is 0 Å². The number of fused-ring (bicyclic) bond motifs is 1. The van der Waals surface area contributed by atoms with Crippen LogP contribution in [-0.2, 0) is 12.8 Å². The molecule has 0 N–H and O–H groups in total. The molecule has 3 aromatic rings. The van der Waals surface area contributed by atoms with Crippen LogP contribution < -0.4 is 0 Å².